The van der Waals surface area contributed by atoms with Crippen LogP contribution in [-0.2, 0) is 6.54 Å². The van der Waals surface area contributed by atoms with Gasteiger partial charge in [0.25, 0.3) is 0 Å². The van der Waals surface area contributed by atoms with Crippen molar-refractivity contribution in [2.24, 2.45) is 0 Å². The summed E-state index contributed by atoms with van der Waals surface area (Å²) in [4.78, 5) is 14.5. The summed E-state index contributed by atoms with van der Waals surface area (Å²) in [5.74, 6) is -1.15. The summed E-state index contributed by atoms with van der Waals surface area (Å²) in [6.45, 7) is 0.612. The summed E-state index contributed by atoms with van der Waals surface area (Å²) in [7, 11) is 0. The molecule has 0 N–H and O–H groups in total. The third-order valence-electron chi connectivity index (χ3n) is 2.09. The minimum atomic E-state index is -1.15. The number of carboxylic acid groups (broad SMARTS) is 1. The van der Waals surface area contributed by atoms with Gasteiger partial charge in [-0.1, -0.05) is 18.2 Å². The molecule has 0 bridgehead atoms. The SMILES string of the molecule is O=C([O-])c1cccc(Cn2ccnc2)c1. The van der Waals surface area contributed by atoms with Crippen LogP contribution in [0, 0.1) is 0 Å². The highest BCUT2D eigenvalue weighted by Gasteiger charge is 1.97. The number of carboxylic acids is 1. The Labute approximate surface area is 86.8 Å². The van der Waals surface area contributed by atoms with Crippen molar-refractivity contribution in [1.29, 1.82) is 0 Å². The largest absolute Gasteiger partial charge is 0.545 e. The number of benzene rings is 1. The van der Waals surface area contributed by atoms with Crippen molar-refractivity contribution in [3.63, 3.8) is 0 Å². The first-order valence-corrected chi connectivity index (χ1v) is 4.52. The van der Waals surface area contributed by atoms with E-state index >= 15 is 0 Å². The number of hydrogen-bond acceptors (Lipinski definition) is 3. The number of aromatic nitrogens is 2. The molecular formula is C11H9N2O2-. The van der Waals surface area contributed by atoms with E-state index in [4.69, 9.17) is 0 Å². The quantitative estimate of drug-likeness (QED) is 0.717. The number of nitrogens with zero attached hydrogens (tertiary/aromatic N) is 2. The van der Waals surface area contributed by atoms with Gasteiger partial charge in [0.1, 0.15) is 0 Å². The van der Waals surface area contributed by atoms with Gasteiger partial charge in [-0.3, -0.25) is 0 Å². The maximum absolute atomic E-state index is 10.6. The molecule has 0 amide bonds. The Morgan fingerprint density at radius 3 is 3.00 bits per heavy atom. The summed E-state index contributed by atoms with van der Waals surface area (Å²) in [6.07, 6.45) is 5.19. The number of aromatic carboxylic acids is 1. The lowest BCUT2D eigenvalue weighted by Gasteiger charge is -2.06. The number of hydrogen-bond donors (Lipinski definition) is 0. The van der Waals surface area contributed by atoms with Crippen LogP contribution in [0.15, 0.2) is 43.0 Å². The van der Waals surface area contributed by atoms with E-state index in [0.717, 1.165) is 5.56 Å². The zero-order valence-corrected chi connectivity index (χ0v) is 7.96. The predicted octanol–water partition coefficient (Wildman–Crippen LogP) is 0.295. The first-order chi connectivity index (χ1) is 7.25. The van der Waals surface area contributed by atoms with Crippen LogP contribution in [0.2, 0.25) is 0 Å². The zero-order valence-electron chi connectivity index (χ0n) is 7.96. The van der Waals surface area contributed by atoms with Crippen LogP contribution < -0.4 is 5.11 Å². The smallest absolute Gasteiger partial charge is 0.0949 e. The van der Waals surface area contributed by atoms with Crippen molar-refractivity contribution >= 4 is 5.97 Å². The van der Waals surface area contributed by atoms with E-state index in [2.05, 4.69) is 4.98 Å². The van der Waals surface area contributed by atoms with Gasteiger partial charge < -0.3 is 14.5 Å². The molecule has 1 heterocycles. The van der Waals surface area contributed by atoms with Gasteiger partial charge in [0.05, 0.1) is 12.3 Å². The molecule has 0 radical (unpaired) electrons. The van der Waals surface area contributed by atoms with E-state index in [9.17, 15) is 9.90 Å². The van der Waals surface area contributed by atoms with Gasteiger partial charge in [-0.2, -0.15) is 0 Å². The molecule has 0 saturated carbocycles. The van der Waals surface area contributed by atoms with Crippen molar-refractivity contribution in [3.05, 3.63) is 54.1 Å². The van der Waals surface area contributed by atoms with E-state index < -0.39 is 5.97 Å². The summed E-state index contributed by atoms with van der Waals surface area (Å²) < 4.78 is 1.87. The summed E-state index contributed by atoms with van der Waals surface area (Å²) in [6, 6.07) is 6.70. The van der Waals surface area contributed by atoms with Crippen LogP contribution >= 0.6 is 0 Å². The summed E-state index contributed by atoms with van der Waals surface area (Å²) >= 11 is 0. The molecule has 15 heavy (non-hydrogen) atoms. The molecule has 1 aromatic carbocycles. The average molecular weight is 201 g/mol. The van der Waals surface area contributed by atoms with Crippen LogP contribution in [0.5, 0.6) is 0 Å². The molecule has 76 valence electrons. The molecule has 0 aliphatic carbocycles. The molecule has 0 atom stereocenters. The highest BCUT2D eigenvalue weighted by Crippen LogP contribution is 2.06. The van der Waals surface area contributed by atoms with Crippen LogP contribution in [0.1, 0.15) is 15.9 Å². The fourth-order valence-corrected chi connectivity index (χ4v) is 1.39. The van der Waals surface area contributed by atoms with Gasteiger partial charge in [-0.25, -0.2) is 4.98 Å². The number of carbonyl (C=O) groups is 1. The highest BCUT2D eigenvalue weighted by molar-refractivity contribution is 5.85. The highest BCUT2D eigenvalue weighted by atomic mass is 16.4. The van der Waals surface area contributed by atoms with E-state index in [0.29, 0.717) is 6.54 Å². The van der Waals surface area contributed by atoms with Crippen molar-refractivity contribution < 1.29 is 9.90 Å². The van der Waals surface area contributed by atoms with E-state index in [1.54, 1.807) is 24.7 Å². The molecule has 4 nitrogen and oxygen atoms in total. The Kier molecular flexibility index (Phi) is 2.49. The zero-order chi connectivity index (χ0) is 10.7. The molecular weight excluding hydrogens is 192 g/mol. The number of carbonyl (C=O) groups excluding carboxylic acids is 1. The maximum atomic E-state index is 10.6. The monoisotopic (exact) mass is 201 g/mol. The van der Waals surface area contributed by atoms with Gasteiger partial charge >= 0.3 is 0 Å². The molecule has 0 fully saturated rings. The minimum absolute atomic E-state index is 0.201. The summed E-state index contributed by atoms with van der Waals surface area (Å²) in [5.41, 5.74) is 1.11. The molecule has 0 aliphatic rings. The molecule has 1 aromatic heterocycles. The normalized spacial score (nSPS) is 10.1. The van der Waals surface area contributed by atoms with E-state index in [-0.39, 0.29) is 5.56 Å². The molecule has 2 rings (SSSR count). The molecule has 2 aromatic rings. The lowest BCUT2D eigenvalue weighted by molar-refractivity contribution is -0.255. The Bertz CT molecular complexity index is 463. The standard InChI is InChI=1S/C11H10N2O2/c14-11(15)10-3-1-2-9(6-10)7-13-5-4-12-8-13/h1-6,8H,7H2,(H,14,15)/p-1. The van der Waals surface area contributed by atoms with E-state index in [1.807, 2.05) is 16.8 Å². The molecule has 0 aliphatic heterocycles. The van der Waals surface area contributed by atoms with Gasteiger partial charge in [-0.15, -0.1) is 0 Å². The van der Waals surface area contributed by atoms with Crippen molar-refractivity contribution in [1.82, 2.24) is 9.55 Å². The third kappa shape index (κ3) is 2.22. The van der Waals surface area contributed by atoms with Crippen LogP contribution in [0.3, 0.4) is 0 Å². The number of rotatable bonds is 3. The first kappa shape index (κ1) is 9.45. The van der Waals surface area contributed by atoms with Crippen molar-refractivity contribution in [2.45, 2.75) is 6.54 Å². The van der Waals surface area contributed by atoms with Crippen molar-refractivity contribution in [2.75, 3.05) is 0 Å². The Balaban J connectivity index is 2.22. The van der Waals surface area contributed by atoms with Gasteiger partial charge in [0.15, 0.2) is 0 Å². The molecule has 0 saturated heterocycles. The van der Waals surface area contributed by atoms with Crippen LogP contribution in [-0.4, -0.2) is 15.5 Å². The van der Waals surface area contributed by atoms with Gasteiger partial charge in [0.2, 0.25) is 0 Å². The first-order valence-electron chi connectivity index (χ1n) is 4.52. The topological polar surface area (TPSA) is 57.9 Å². The lowest BCUT2D eigenvalue weighted by Crippen LogP contribution is -2.22. The second kappa shape index (κ2) is 3.96. The second-order valence-electron chi connectivity index (χ2n) is 3.22. The van der Waals surface area contributed by atoms with Crippen LogP contribution in [0.25, 0.3) is 0 Å². The predicted molar refractivity (Wildman–Crippen MR) is 52.1 cm³/mol. The Hall–Kier alpha value is -2.10. The van der Waals surface area contributed by atoms with Gasteiger partial charge in [-0.05, 0) is 17.2 Å². The Morgan fingerprint density at radius 1 is 1.47 bits per heavy atom. The molecule has 4 heteroatoms. The second-order valence-corrected chi connectivity index (χ2v) is 3.22. The third-order valence-corrected chi connectivity index (χ3v) is 2.09. The average Bonchev–Trinajstić information content (AvgIpc) is 2.71. The fourth-order valence-electron chi connectivity index (χ4n) is 1.39. The maximum Gasteiger partial charge on any atom is 0.0949 e. The Morgan fingerprint density at radius 2 is 2.33 bits per heavy atom. The van der Waals surface area contributed by atoms with E-state index in [1.165, 1.54) is 6.07 Å². The minimum Gasteiger partial charge on any atom is -0.545 e. The number of imidazole rings is 1. The fraction of sp³-hybridized carbons (Fsp3) is 0.0909. The van der Waals surface area contributed by atoms with Crippen LogP contribution in [0.4, 0.5) is 0 Å². The lowest BCUT2D eigenvalue weighted by atomic mass is 10.1. The molecule has 0 unspecified atom stereocenters. The summed E-state index contributed by atoms with van der Waals surface area (Å²) in [5, 5.41) is 10.6. The van der Waals surface area contributed by atoms with Crippen molar-refractivity contribution in [3.8, 4) is 0 Å². The van der Waals surface area contributed by atoms with Gasteiger partial charge in [0, 0.05) is 18.9 Å². The molecule has 0 spiro atoms.